The molecule has 0 fully saturated rings. The van der Waals surface area contributed by atoms with E-state index in [4.69, 9.17) is 0 Å². The molecule has 46 valence electrons. The number of hydrogen-bond donors (Lipinski definition) is 0. The van der Waals surface area contributed by atoms with Crippen LogP contribution in [0.1, 0.15) is 11.1 Å². The monoisotopic (exact) mass is 230 g/mol. The first kappa shape index (κ1) is 5.71. The van der Waals surface area contributed by atoms with Crippen LogP contribution in [-0.2, 0) is 12.8 Å². The maximum absolute atomic E-state index is 2.40. The zero-order valence-corrected chi connectivity index (χ0v) is 7.18. The van der Waals surface area contributed by atoms with E-state index in [1.165, 1.54) is 16.4 Å². The van der Waals surface area contributed by atoms with E-state index in [2.05, 4.69) is 40.8 Å². The molecule has 1 aliphatic carbocycles. The van der Waals surface area contributed by atoms with Crippen LogP contribution in [-0.4, -0.2) is 0 Å². The highest BCUT2D eigenvalue weighted by atomic mass is 127. The van der Waals surface area contributed by atoms with E-state index >= 15 is 0 Å². The van der Waals surface area contributed by atoms with Crippen molar-refractivity contribution in [3.8, 4) is 0 Å². The van der Waals surface area contributed by atoms with Crippen LogP contribution in [0, 0.1) is 3.57 Å². The lowest BCUT2D eigenvalue weighted by atomic mass is 9.89. The summed E-state index contributed by atoms with van der Waals surface area (Å²) < 4.78 is 1.44. The Bertz CT molecular complexity index is 226. The fourth-order valence-electron chi connectivity index (χ4n) is 1.20. The number of halogens is 1. The molecular weight excluding hydrogens is 223 g/mol. The lowest BCUT2D eigenvalue weighted by Gasteiger charge is -2.19. The molecule has 1 heteroatoms. The quantitative estimate of drug-likeness (QED) is 0.600. The summed E-state index contributed by atoms with van der Waals surface area (Å²) in [5.41, 5.74) is 3.14. The second kappa shape index (κ2) is 1.97. The Morgan fingerprint density at radius 2 is 2.11 bits per heavy atom. The number of fused-ring (bicyclic) bond motifs is 1. The highest BCUT2D eigenvalue weighted by Crippen LogP contribution is 2.26. The molecule has 1 aromatic rings. The van der Waals surface area contributed by atoms with Crippen molar-refractivity contribution in [2.24, 2.45) is 0 Å². The Kier molecular flexibility index (Phi) is 1.25. The molecule has 0 radical (unpaired) electrons. The molecule has 0 atom stereocenters. The van der Waals surface area contributed by atoms with Crippen LogP contribution in [0.5, 0.6) is 0 Å². The molecule has 0 saturated carbocycles. The van der Waals surface area contributed by atoms with Gasteiger partial charge in [0.1, 0.15) is 0 Å². The minimum atomic E-state index is 1.30. The SMILES string of the molecule is Ic1cccc2c1CC2. The van der Waals surface area contributed by atoms with E-state index in [1.54, 1.807) is 11.1 Å². The summed E-state index contributed by atoms with van der Waals surface area (Å²) in [5, 5.41) is 0. The molecule has 2 rings (SSSR count). The summed E-state index contributed by atoms with van der Waals surface area (Å²) in [6, 6.07) is 6.54. The zero-order valence-electron chi connectivity index (χ0n) is 5.02. The molecule has 1 aromatic carbocycles. The van der Waals surface area contributed by atoms with Crippen molar-refractivity contribution >= 4 is 22.6 Å². The fourth-order valence-corrected chi connectivity index (χ4v) is 2.02. The van der Waals surface area contributed by atoms with Gasteiger partial charge in [-0.25, -0.2) is 0 Å². The molecule has 0 amide bonds. The molecule has 0 saturated heterocycles. The van der Waals surface area contributed by atoms with Crippen LogP contribution in [0.15, 0.2) is 18.2 Å². The van der Waals surface area contributed by atoms with Crippen molar-refractivity contribution in [2.45, 2.75) is 12.8 Å². The van der Waals surface area contributed by atoms with Gasteiger partial charge in [-0.3, -0.25) is 0 Å². The Labute approximate surface area is 68.4 Å². The summed E-state index contributed by atoms with van der Waals surface area (Å²) in [6.45, 7) is 0. The minimum Gasteiger partial charge on any atom is -0.0609 e. The van der Waals surface area contributed by atoms with Crippen LogP contribution in [0.25, 0.3) is 0 Å². The Morgan fingerprint density at radius 3 is 2.56 bits per heavy atom. The van der Waals surface area contributed by atoms with E-state index in [0.29, 0.717) is 0 Å². The van der Waals surface area contributed by atoms with E-state index in [1.807, 2.05) is 0 Å². The van der Waals surface area contributed by atoms with Gasteiger partial charge >= 0.3 is 0 Å². The Hall–Kier alpha value is -0.0500. The van der Waals surface area contributed by atoms with E-state index in [0.717, 1.165) is 0 Å². The number of aryl methyl sites for hydroxylation is 1. The third-order valence-corrected chi connectivity index (χ3v) is 2.87. The highest BCUT2D eigenvalue weighted by Gasteiger charge is 2.13. The maximum atomic E-state index is 2.40. The molecule has 0 aromatic heterocycles. The van der Waals surface area contributed by atoms with Gasteiger partial charge in [0, 0.05) is 3.57 Å². The predicted molar refractivity (Wildman–Crippen MR) is 46.6 cm³/mol. The van der Waals surface area contributed by atoms with Gasteiger partial charge in [0.15, 0.2) is 0 Å². The van der Waals surface area contributed by atoms with Crippen LogP contribution >= 0.6 is 22.6 Å². The lowest BCUT2D eigenvalue weighted by Crippen LogP contribution is -2.09. The predicted octanol–water partition coefficient (Wildman–Crippen LogP) is 2.39. The molecule has 0 heterocycles. The molecular formula is C8H7I. The van der Waals surface area contributed by atoms with Gasteiger partial charge in [0.25, 0.3) is 0 Å². The lowest BCUT2D eigenvalue weighted by molar-refractivity contribution is 0.832. The smallest absolute Gasteiger partial charge is 0.0165 e. The Balaban J connectivity index is 2.64. The molecule has 0 aliphatic heterocycles. The first-order valence-electron chi connectivity index (χ1n) is 3.14. The highest BCUT2D eigenvalue weighted by molar-refractivity contribution is 14.1. The third kappa shape index (κ3) is 0.784. The summed E-state index contributed by atoms with van der Waals surface area (Å²) in [5.74, 6) is 0. The van der Waals surface area contributed by atoms with E-state index < -0.39 is 0 Å². The van der Waals surface area contributed by atoms with Crippen LogP contribution in [0.3, 0.4) is 0 Å². The summed E-state index contributed by atoms with van der Waals surface area (Å²) >= 11 is 2.40. The third-order valence-electron chi connectivity index (χ3n) is 1.86. The van der Waals surface area contributed by atoms with Gasteiger partial charge in [-0.2, -0.15) is 0 Å². The maximum Gasteiger partial charge on any atom is 0.0165 e. The fraction of sp³-hybridized carbons (Fsp3) is 0.250. The van der Waals surface area contributed by atoms with Crippen LogP contribution in [0.2, 0.25) is 0 Å². The van der Waals surface area contributed by atoms with Gasteiger partial charge in [0.05, 0.1) is 0 Å². The molecule has 9 heavy (non-hydrogen) atoms. The van der Waals surface area contributed by atoms with Gasteiger partial charge in [0.2, 0.25) is 0 Å². The number of benzene rings is 1. The molecule has 0 N–H and O–H groups in total. The first-order chi connectivity index (χ1) is 4.38. The van der Waals surface area contributed by atoms with Crippen molar-refractivity contribution in [3.63, 3.8) is 0 Å². The van der Waals surface area contributed by atoms with Crippen molar-refractivity contribution in [1.29, 1.82) is 0 Å². The van der Waals surface area contributed by atoms with Crippen LogP contribution in [0.4, 0.5) is 0 Å². The second-order valence-corrected chi connectivity index (χ2v) is 3.54. The van der Waals surface area contributed by atoms with E-state index in [-0.39, 0.29) is 0 Å². The average molecular weight is 230 g/mol. The summed E-state index contributed by atoms with van der Waals surface area (Å²) in [4.78, 5) is 0. The largest absolute Gasteiger partial charge is 0.0609 e. The van der Waals surface area contributed by atoms with Gasteiger partial charge in [-0.1, -0.05) is 12.1 Å². The van der Waals surface area contributed by atoms with Gasteiger partial charge < -0.3 is 0 Å². The average Bonchev–Trinajstić information content (AvgIpc) is 1.74. The summed E-state index contributed by atoms with van der Waals surface area (Å²) in [7, 11) is 0. The minimum absolute atomic E-state index is 1.30. The second-order valence-electron chi connectivity index (χ2n) is 2.38. The standard InChI is InChI=1S/C8H7I/c9-8-3-1-2-6-4-5-7(6)8/h1-3H,4-5H2. The van der Waals surface area contributed by atoms with Gasteiger partial charge in [-0.05, 0) is 52.6 Å². The molecule has 0 nitrogen and oxygen atoms in total. The van der Waals surface area contributed by atoms with E-state index in [9.17, 15) is 0 Å². The topological polar surface area (TPSA) is 0 Å². The molecule has 0 spiro atoms. The van der Waals surface area contributed by atoms with Crippen molar-refractivity contribution in [1.82, 2.24) is 0 Å². The van der Waals surface area contributed by atoms with Crippen molar-refractivity contribution in [3.05, 3.63) is 32.9 Å². The van der Waals surface area contributed by atoms with Crippen molar-refractivity contribution in [2.75, 3.05) is 0 Å². The Morgan fingerprint density at radius 1 is 1.22 bits per heavy atom. The number of hydrogen-bond acceptors (Lipinski definition) is 0. The summed E-state index contributed by atoms with van der Waals surface area (Å²) in [6.07, 6.45) is 2.60. The zero-order chi connectivity index (χ0) is 6.27. The number of rotatable bonds is 0. The normalized spacial score (nSPS) is 14.3. The molecule has 1 aliphatic rings. The first-order valence-corrected chi connectivity index (χ1v) is 4.22. The van der Waals surface area contributed by atoms with Crippen molar-refractivity contribution < 1.29 is 0 Å². The van der Waals surface area contributed by atoms with Gasteiger partial charge in [-0.15, -0.1) is 0 Å². The molecule has 0 unspecified atom stereocenters. The van der Waals surface area contributed by atoms with Crippen LogP contribution < -0.4 is 0 Å². The molecule has 0 bridgehead atoms.